The highest BCUT2D eigenvalue weighted by molar-refractivity contribution is 5.98. The van der Waals surface area contributed by atoms with Crippen molar-refractivity contribution < 1.29 is 27.1 Å². The second kappa shape index (κ2) is 6.07. The van der Waals surface area contributed by atoms with Crippen molar-refractivity contribution >= 4 is 16.9 Å². The summed E-state index contributed by atoms with van der Waals surface area (Å²) < 4.78 is 57.4. The quantitative estimate of drug-likeness (QED) is 0.625. The molecule has 0 aliphatic rings. The third-order valence-corrected chi connectivity index (χ3v) is 2.87. The Morgan fingerprint density at radius 3 is 2.43 bits per heavy atom. The summed E-state index contributed by atoms with van der Waals surface area (Å²) in [4.78, 5) is 15.4. The van der Waals surface area contributed by atoms with E-state index < -0.39 is 35.6 Å². The zero-order valence-electron chi connectivity index (χ0n) is 10.9. The second-order valence-corrected chi connectivity index (χ2v) is 4.12. The molecule has 1 aromatic heterocycles. The number of rotatable bonds is 4. The number of alkyl halides is 4. The topological polar surface area (TPSA) is 39.2 Å². The van der Waals surface area contributed by atoms with E-state index in [1.54, 1.807) is 0 Å². The van der Waals surface area contributed by atoms with Crippen LogP contribution in [0.4, 0.5) is 17.6 Å². The number of carbonyl (C=O) groups excluding carboxylic acids is 1. The number of ether oxygens (including phenoxy) is 1. The van der Waals surface area contributed by atoms with Gasteiger partial charge in [0.05, 0.1) is 17.7 Å². The average molecular weight is 301 g/mol. The van der Waals surface area contributed by atoms with Crippen LogP contribution < -0.4 is 0 Å². The number of nitrogens with zero attached hydrogens (tertiary/aromatic N) is 1. The van der Waals surface area contributed by atoms with Crippen molar-refractivity contribution in [1.29, 1.82) is 0 Å². The van der Waals surface area contributed by atoms with Crippen LogP contribution >= 0.6 is 0 Å². The molecule has 0 saturated carbocycles. The van der Waals surface area contributed by atoms with E-state index >= 15 is 0 Å². The molecule has 21 heavy (non-hydrogen) atoms. The SMILES string of the molecule is CCOC(=O)c1c(C(F)F)nc2ccccc2c1C(F)F. The highest BCUT2D eigenvalue weighted by atomic mass is 19.3. The number of aromatic nitrogens is 1. The number of hydrogen-bond acceptors (Lipinski definition) is 3. The van der Waals surface area contributed by atoms with E-state index in [1.807, 2.05) is 0 Å². The first-order chi connectivity index (χ1) is 9.97. The van der Waals surface area contributed by atoms with Crippen molar-refractivity contribution in [2.24, 2.45) is 0 Å². The predicted molar refractivity (Wildman–Crippen MR) is 67.6 cm³/mol. The molecule has 0 fully saturated rings. The lowest BCUT2D eigenvalue weighted by atomic mass is 10.0. The molecule has 2 aromatic rings. The van der Waals surface area contributed by atoms with Gasteiger partial charge in [0.25, 0.3) is 12.9 Å². The number of hydrogen-bond donors (Lipinski definition) is 0. The van der Waals surface area contributed by atoms with E-state index in [0.717, 1.165) is 0 Å². The minimum Gasteiger partial charge on any atom is -0.462 e. The Kier molecular flexibility index (Phi) is 4.40. The Hall–Kier alpha value is -2.18. The normalized spacial score (nSPS) is 11.4. The van der Waals surface area contributed by atoms with Gasteiger partial charge in [-0.2, -0.15) is 0 Å². The lowest BCUT2D eigenvalue weighted by molar-refractivity contribution is 0.0502. The molecule has 0 atom stereocenters. The molecule has 112 valence electrons. The van der Waals surface area contributed by atoms with Crippen LogP contribution in [0.3, 0.4) is 0 Å². The van der Waals surface area contributed by atoms with Gasteiger partial charge in [-0.25, -0.2) is 27.3 Å². The van der Waals surface area contributed by atoms with E-state index in [2.05, 4.69) is 9.72 Å². The molecule has 0 bridgehead atoms. The monoisotopic (exact) mass is 301 g/mol. The zero-order chi connectivity index (χ0) is 15.6. The maximum atomic E-state index is 13.3. The first kappa shape index (κ1) is 15.2. The van der Waals surface area contributed by atoms with Gasteiger partial charge in [-0.1, -0.05) is 18.2 Å². The molecule has 1 heterocycles. The highest BCUT2D eigenvalue weighted by Crippen LogP contribution is 2.35. The number of esters is 1. The van der Waals surface area contributed by atoms with Gasteiger partial charge in [0.15, 0.2) is 0 Å². The summed E-state index contributed by atoms with van der Waals surface area (Å²) in [5.41, 5.74) is -2.62. The molecule has 0 N–H and O–H groups in total. The van der Waals surface area contributed by atoms with Crippen LogP contribution in [-0.2, 0) is 4.74 Å². The minimum absolute atomic E-state index is 0.0175. The maximum Gasteiger partial charge on any atom is 0.340 e. The summed E-state index contributed by atoms with van der Waals surface area (Å²) in [6.45, 7) is 1.34. The van der Waals surface area contributed by atoms with Crippen LogP contribution in [0.25, 0.3) is 10.9 Å². The number of pyridine rings is 1. The molecule has 7 heteroatoms. The number of benzene rings is 1. The van der Waals surface area contributed by atoms with Crippen molar-refractivity contribution in [2.45, 2.75) is 19.8 Å². The molecule has 0 amide bonds. The summed E-state index contributed by atoms with van der Waals surface area (Å²) >= 11 is 0. The fourth-order valence-corrected chi connectivity index (χ4v) is 2.06. The summed E-state index contributed by atoms with van der Waals surface area (Å²) in [6, 6.07) is 5.60. The molecule has 0 unspecified atom stereocenters. The number of halogens is 4. The summed E-state index contributed by atoms with van der Waals surface area (Å²) in [5, 5.41) is -0.0417. The molecular weight excluding hydrogens is 290 g/mol. The standard InChI is InChI=1S/C14H11F4NO2/c1-2-21-14(20)10-9(12(15)16)7-5-3-4-6-8(7)19-11(10)13(17)18/h3-6,12-13H,2H2,1H3. The first-order valence-corrected chi connectivity index (χ1v) is 6.13. The van der Waals surface area contributed by atoms with E-state index in [4.69, 9.17) is 0 Å². The number of fused-ring (bicyclic) bond motifs is 1. The van der Waals surface area contributed by atoms with Crippen molar-refractivity contribution in [3.63, 3.8) is 0 Å². The Morgan fingerprint density at radius 2 is 1.86 bits per heavy atom. The molecular formula is C14H11F4NO2. The van der Waals surface area contributed by atoms with Crippen molar-refractivity contribution in [3.8, 4) is 0 Å². The number of carbonyl (C=O) groups is 1. The molecule has 0 aliphatic heterocycles. The van der Waals surface area contributed by atoms with Gasteiger partial charge in [-0.05, 0) is 13.0 Å². The van der Waals surface area contributed by atoms with Crippen molar-refractivity contribution in [2.75, 3.05) is 6.61 Å². The predicted octanol–water partition coefficient (Wildman–Crippen LogP) is 4.29. The highest BCUT2D eigenvalue weighted by Gasteiger charge is 2.30. The van der Waals surface area contributed by atoms with Gasteiger partial charge in [-0.3, -0.25) is 0 Å². The third kappa shape index (κ3) is 2.81. The van der Waals surface area contributed by atoms with Gasteiger partial charge in [0.1, 0.15) is 5.69 Å². The lowest BCUT2D eigenvalue weighted by Gasteiger charge is -2.15. The average Bonchev–Trinajstić information content (AvgIpc) is 2.45. The molecule has 0 radical (unpaired) electrons. The van der Waals surface area contributed by atoms with Crippen molar-refractivity contribution in [1.82, 2.24) is 4.98 Å². The van der Waals surface area contributed by atoms with E-state index in [1.165, 1.54) is 31.2 Å². The molecule has 0 spiro atoms. The van der Waals surface area contributed by atoms with Gasteiger partial charge in [0, 0.05) is 10.9 Å². The number of para-hydroxylation sites is 1. The van der Waals surface area contributed by atoms with E-state index in [0.29, 0.717) is 0 Å². The molecule has 1 aromatic carbocycles. The van der Waals surface area contributed by atoms with Crippen LogP contribution in [0, 0.1) is 0 Å². The molecule has 3 nitrogen and oxygen atoms in total. The summed E-state index contributed by atoms with van der Waals surface area (Å²) in [6.07, 6.45) is -6.26. The van der Waals surface area contributed by atoms with Gasteiger partial charge in [-0.15, -0.1) is 0 Å². The lowest BCUT2D eigenvalue weighted by Crippen LogP contribution is -2.14. The van der Waals surface area contributed by atoms with Crippen LogP contribution in [-0.4, -0.2) is 17.6 Å². The van der Waals surface area contributed by atoms with Gasteiger partial charge >= 0.3 is 5.97 Å². The van der Waals surface area contributed by atoms with Gasteiger partial charge in [0.2, 0.25) is 0 Å². The third-order valence-electron chi connectivity index (χ3n) is 2.87. The Labute approximate surface area is 117 Å². The van der Waals surface area contributed by atoms with Crippen molar-refractivity contribution in [3.05, 3.63) is 41.1 Å². The fourth-order valence-electron chi connectivity index (χ4n) is 2.06. The minimum atomic E-state index is -3.16. The zero-order valence-corrected chi connectivity index (χ0v) is 10.9. The van der Waals surface area contributed by atoms with Crippen LogP contribution in [0.2, 0.25) is 0 Å². The van der Waals surface area contributed by atoms with Crippen LogP contribution in [0.15, 0.2) is 24.3 Å². The van der Waals surface area contributed by atoms with E-state index in [-0.39, 0.29) is 17.5 Å². The first-order valence-electron chi connectivity index (χ1n) is 6.13. The summed E-state index contributed by atoms with van der Waals surface area (Å²) in [5.74, 6) is -1.22. The fraction of sp³-hybridized carbons (Fsp3) is 0.286. The Bertz CT molecular complexity index is 673. The van der Waals surface area contributed by atoms with E-state index in [9.17, 15) is 22.4 Å². The molecule has 2 rings (SSSR count). The molecule has 0 aliphatic carbocycles. The maximum absolute atomic E-state index is 13.3. The largest absolute Gasteiger partial charge is 0.462 e. The smallest absolute Gasteiger partial charge is 0.340 e. The second-order valence-electron chi connectivity index (χ2n) is 4.12. The Morgan fingerprint density at radius 1 is 1.19 bits per heavy atom. The van der Waals surface area contributed by atoms with Gasteiger partial charge < -0.3 is 4.74 Å². The van der Waals surface area contributed by atoms with Crippen LogP contribution in [0.5, 0.6) is 0 Å². The summed E-state index contributed by atoms with van der Waals surface area (Å²) in [7, 11) is 0. The Balaban J connectivity index is 2.85. The molecule has 0 saturated heterocycles. The van der Waals surface area contributed by atoms with Crippen LogP contribution in [0.1, 0.15) is 41.4 Å².